The first-order valence-corrected chi connectivity index (χ1v) is 4.18. The van der Waals surface area contributed by atoms with Crippen LogP contribution in [0.3, 0.4) is 0 Å². The van der Waals surface area contributed by atoms with Crippen molar-refractivity contribution in [1.82, 2.24) is 9.97 Å². The maximum Gasteiger partial charge on any atom is 0.142 e. The third-order valence-electron chi connectivity index (χ3n) is 1.26. The van der Waals surface area contributed by atoms with Crippen LogP contribution in [-0.2, 0) is 0 Å². The van der Waals surface area contributed by atoms with Gasteiger partial charge in [0.2, 0.25) is 0 Å². The Morgan fingerprint density at radius 3 is 3.20 bits per heavy atom. The molecule has 2 aromatic rings. The number of thiophene rings is 1. The van der Waals surface area contributed by atoms with Crippen LogP contribution in [0.15, 0.2) is 10.8 Å². The van der Waals surface area contributed by atoms with E-state index >= 15 is 0 Å². The van der Waals surface area contributed by atoms with Gasteiger partial charge in [-0.2, -0.15) is 0 Å². The molecule has 10 heavy (non-hydrogen) atoms. The van der Waals surface area contributed by atoms with Crippen molar-refractivity contribution in [3.63, 3.8) is 0 Å². The fourth-order valence-electron chi connectivity index (χ4n) is 0.822. The Morgan fingerprint density at radius 1 is 1.60 bits per heavy atom. The third kappa shape index (κ3) is 0.767. The van der Waals surface area contributed by atoms with Gasteiger partial charge in [-0.15, -0.1) is 11.3 Å². The Balaban J connectivity index is 2.78. The molecule has 2 heterocycles. The first-order chi connectivity index (χ1) is 4.90. The van der Waals surface area contributed by atoms with Gasteiger partial charge in [-0.1, -0.05) is 12.2 Å². The fraction of sp³-hybridized carbons (Fsp3) is 0. The van der Waals surface area contributed by atoms with Gasteiger partial charge in [0.1, 0.15) is 5.82 Å². The molecule has 2 rings (SSSR count). The predicted molar refractivity (Wildman–Crippen MR) is 46.7 cm³/mol. The van der Waals surface area contributed by atoms with Crippen LogP contribution in [0.4, 0.5) is 0 Å². The molecule has 0 saturated carbocycles. The van der Waals surface area contributed by atoms with Gasteiger partial charge < -0.3 is 4.98 Å². The van der Waals surface area contributed by atoms with E-state index in [0.717, 1.165) is 16.9 Å². The first kappa shape index (κ1) is 6.00. The molecule has 0 aliphatic carbocycles. The zero-order valence-corrected chi connectivity index (χ0v) is 6.63. The second kappa shape index (κ2) is 2.14. The van der Waals surface area contributed by atoms with Crippen LogP contribution in [0.25, 0.3) is 11.0 Å². The van der Waals surface area contributed by atoms with Crippen LogP contribution >= 0.6 is 23.6 Å². The molecule has 0 amide bonds. The quantitative estimate of drug-likeness (QED) is 0.659. The summed E-state index contributed by atoms with van der Waals surface area (Å²) in [7, 11) is 0. The van der Waals surface area contributed by atoms with Gasteiger partial charge in [-0.25, -0.2) is 4.98 Å². The fourth-order valence-corrected chi connectivity index (χ4v) is 1.63. The van der Waals surface area contributed by atoms with Crippen LogP contribution in [0.5, 0.6) is 0 Å². The van der Waals surface area contributed by atoms with Crippen molar-refractivity contribution in [3.05, 3.63) is 16.6 Å². The topological polar surface area (TPSA) is 28.7 Å². The second-order valence-electron chi connectivity index (χ2n) is 1.91. The van der Waals surface area contributed by atoms with E-state index in [4.69, 9.17) is 12.2 Å². The van der Waals surface area contributed by atoms with E-state index in [1.54, 1.807) is 16.7 Å². The number of nitrogens with one attached hydrogen (secondary N) is 1. The molecular formula is C6H4N2S2. The lowest BCUT2D eigenvalue weighted by atomic mass is 10.5. The smallest absolute Gasteiger partial charge is 0.142 e. The van der Waals surface area contributed by atoms with Gasteiger partial charge in [-0.3, -0.25) is 0 Å². The summed E-state index contributed by atoms with van der Waals surface area (Å²) in [5.74, 6) is 0.771. The molecule has 0 unspecified atom stereocenters. The van der Waals surface area contributed by atoms with Crippen molar-refractivity contribution in [3.8, 4) is 0 Å². The van der Waals surface area contributed by atoms with Gasteiger partial charge in [0.25, 0.3) is 0 Å². The number of thiocarbonyl (C=S) groups is 1. The maximum absolute atomic E-state index is 4.71. The zero-order chi connectivity index (χ0) is 6.97. The summed E-state index contributed by atoms with van der Waals surface area (Å²) in [5, 5.41) is 5.56. The summed E-state index contributed by atoms with van der Waals surface area (Å²) in [6.45, 7) is 0. The first-order valence-electron chi connectivity index (χ1n) is 2.77. The van der Waals surface area contributed by atoms with Crippen LogP contribution in [0.1, 0.15) is 5.82 Å². The Labute approximate surface area is 66.9 Å². The minimum absolute atomic E-state index is 0.771. The van der Waals surface area contributed by atoms with E-state index in [0.29, 0.717) is 0 Å². The van der Waals surface area contributed by atoms with E-state index in [2.05, 4.69) is 9.97 Å². The van der Waals surface area contributed by atoms with Crippen LogP contribution in [-0.4, -0.2) is 15.3 Å². The van der Waals surface area contributed by atoms with Gasteiger partial charge in [0.15, 0.2) is 0 Å². The average molecular weight is 168 g/mol. The lowest BCUT2D eigenvalue weighted by Crippen LogP contribution is -1.77. The third-order valence-corrected chi connectivity index (χ3v) is 2.21. The largest absolute Gasteiger partial charge is 0.337 e. The molecule has 0 aliphatic heterocycles. The number of fused-ring (bicyclic) bond motifs is 1. The van der Waals surface area contributed by atoms with E-state index in [9.17, 15) is 0 Å². The summed E-state index contributed by atoms with van der Waals surface area (Å²) in [6.07, 6.45) is 0. The van der Waals surface area contributed by atoms with Gasteiger partial charge in [0, 0.05) is 16.1 Å². The lowest BCUT2D eigenvalue weighted by Gasteiger charge is -1.74. The SMILES string of the molecule is S=Cc1nc2cscc2[nH]1. The number of rotatable bonds is 1. The van der Waals surface area contributed by atoms with E-state index in [1.165, 1.54) is 0 Å². The number of imidazole rings is 1. The minimum atomic E-state index is 0.771. The summed E-state index contributed by atoms with van der Waals surface area (Å²) >= 11 is 6.35. The number of aromatic nitrogens is 2. The van der Waals surface area contributed by atoms with Crippen molar-refractivity contribution >= 4 is 40.0 Å². The molecule has 50 valence electrons. The molecule has 0 radical (unpaired) electrons. The number of nitrogens with zero attached hydrogens (tertiary/aromatic N) is 1. The average Bonchev–Trinajstić information content (AvgIpc) is 2.42. The van der Waals surface area contributed by atoms with Crippen molar-refractivity contribution in [2.45, 2.75) is 0 Å². The minimum Gasteiger partial charge on any atom is -0.337 e. The Bertz CT molecular complexity index is 332. The number of hydrogen-bond acceptors (Lipinski definition) is 3. The van der Waals surface area contributed by atoms with Crippen molar-refractivity contribution in [2.75, 3.05) is 0 Å². The highest BCUT2D eigenvalue weighted by Crippen LogP contribution is 2.14. The molecule has 2 aromatic heterocycles. The summed E-state index contributed by atoms with van der Waals surface area (Å²) < 4.78 is 0. The molecule has 1 N–H and O–H groups in total. The Morgan fingerprint density at radius 2 is 2.50 bits per heavy atom. The van der Waals surface area contributed by atoms with Gasteiger partial charge in [-0.05, 0) is 0 Å². The van der Waals surface area contributed by atoms with E-state index in [-0.39, 0.29) is 0 Å². The molecule has 0 bridgehead atoms. The van der Waals surface area contributed by atoms with Crippen LogP contribution in [0.2, 0.25) is 0 Å². The summed E-state index contributed by atoms with van der Waals surface area (Å²) in [5.41, 5.74) is 2.07. The zero-order valence-electron chi connectivity index (χ0n) is 5.00. The maximum atomic E-state index is 4.71. The Hall–Kier alpha value is -0.740. The molecule has 0 aromatic carbocycles. The van der Waals surface area contributed by atoms with Crippen LogP contribution in [0, 0.1) is 0 Å². The van der Waals surface area contributed by atoms with E-state index in [1.807, 2.05) is 10.8 Å². The number of hydrogen-bond donors (Lipinski definition) is 1. The molecule has 2 nitrogen and oxygen atoms in total. The molecule has 0 fully saturated rings. The molecule has 0 saturated heterocycles. The highest BCUT2D eigenvalue weighted by Gasteiger charge is 1.98. The van der Waals surface area contributed by atoms with Crippen molar-refractivity contribution in [2.24, 2.45) is 0 Å². The highest BCUT2D eigenvalue weighted by molar-refractivity contribution is 7.79. The van der Waals surface area contributed by atoms with Gasteiger partial charge in [0.05, 0.1) is 11.0 Å². The molecule has 4 heteroatoms. The molecule has 0 aliphatic rings. The monoisotopic (exact) mass is 168 g/mol. The van der Waals surface area contributed by atoms with Gasteiger partial charge >= 0.3 is 0 Å². The normalized spacial score (nSPS) is 10.4. The van der Waals surface area contributed by atoms with E-state index < -0.39 is 0 Å². The lowest BCUT2D eigenvalue weighted by molar-refractivity contribution is 1.32. The highest BCUT2D eigenvalue weighted by atomic mass is 32.1. The predicted octanol–water partition coefficient (Wildman–Crippen LogP) is 1.97. The molecule has 0 spiro atoms. The summed E-state index contributed by atoms with van der Waals surface area (Å²) in [6, 6.07) is 0. The molecular weight excluding hydrogens is 164 g/mol. The standard InChI is InChI=1S/C6H4N2S2/c9-1-6-7-4-2-10-3-5(4)8-6/h1-3H,(H,7,8). The Kier molecular flexibility index (Phi) is 1.28. The molecule has 0 atom stereocenters. The number of H-pyrrole nitrogens is 1. The van der Waals surface area contributed by atoms with Crippen molar-refractivity contribution < 1.29 is 0 Å². The van der Waals surface area contributed by atoms with Crippen molar-refractivity contribution in [1.29, 1.82) is 0 Å². The second-order valence-corrected chi connectivity index (χ2v) is 2.89. The van der Waals surface area contributed by atoms with Crippen LogP contribution < -0.4 is 0 Å². The number of aromatic amines is 1. The summed E-state index contributed by atoms with van der Waals surface area (Å²) in [4.78, 5) is 7.25.